The van der Waals surface area contributed by atoms with E-state index < -0.39 is 0 Å². The minimum Gasteiger partial charge on any atom is -0.457 e. The summed E-state index contributed by atoms with van der Waals surface area (Å²) >= 11 is 0. The van der Waals surface area contributed by atoms with Crippen molar-refractivity contribution in [1.82, 2.24) is 15.0 Å². The highest BCUT2D eigenvalue weighted by molar-refractivity contribution is 5.85. The number of nitrogens with one attached hydrogen (secondary N) is 1. The second kappa shape index (κ2) is 11.1. The number of nitrogens with zero attached hydrogens (tertiary/aromatic N) is 5. The quantitative estimate of drug-likeness (QED) is 0.581. The van der Waals surface area contributed by atoms with E-state index in [1.165, 1.54) is 0 Å². The zero-order chi connectivity index (χ0) is 21.6. The van der Waals surface area contributed by atoms with Gasteiger partial charge in [0.15, 0.2) is 0 Å². The summed E-state index contributed by atoms with van der Waals surface area (Å²) in [5, 5.41) is 3.32. The lowest BCUT2D eigenvalue weighted by molar-refractivity contribution is 0.121. The van der Waals surface area contributed by atoms with E-state index in [1.807, 2.05) is 54.6 Å². The fourth-order valence-electron chi connectivity index (χ4n) is 3.58. The Balaban J connectivity index is 0.00000259. The van der Waals surface area contributed by atoms with Gasteiger partial charge in [-0.1, -0.05) is 18.2 Å². The first-order valence-corrected chi connectivity index (χ1v) is 10.8. The van der Waals surface area contributed by atoms with Crippen molar-refractivity contribution in [3.8, 4) is 11.5 Å². The van der Waals surface area contributed by atoms with Crippen molar-refractivity contribution in [2.75, 3.05) is 67.7 Å². The van der Waals surface area contributed by atoms with Crippen molar-refractivity contribution < 1.29 is 14.2 Å². The SMILES string of the molecule is Cl.c1ccc(Oc2ccc(Nc3nc(N4CCOCC4)nc(N4CCOCC4)n3)cc2)cc1. The molecule has 1 aromatic heterocycles. The maximum Gasteiger partial charge on any atom is 0.233 e. The van der Waals surface area contributed by atoms with Crippen molar-refractivity contribution in [1.29, 1.82) is 0 Å². The van der Waals surface area contributed by atoms with Gasteiger partial charge in [-0.25, -0.2) is 0 Å². The molecule has 3 aromatic rings. The maximum absolute atomic E-state index is 5.87. The molecule has 0 saturated carbocycles. The average Bonchev–Trinajstić information content (AvgIpc) is 2.87. The van der Waals surface area contributed by atoms with Gasteiger partial charge in [0.05, 0.1) is 26.4 Å². The third-order valence-corrected chi connectivity index (χ3v) is 5.29. The van der Waals surface area contributed by atoms with Crippen LogP contribution in [0, 0.1) is 0 Å². The number of rotatable bonds is 6. The number of halogens is 1. The number of hydrogen-bond acceptors (Lipinski definition) is 9. The largest absolute Gasteiger partial charge is 0.457 e. The van der Waals surface area contributed by atoms with Gasteiger partial charge in [-0.15, -0.1) is 12.4 Å². The highest BCUT2D eigenvalue weighted by Gasteiger charge is 2.20. The van der Waals surface area contributed by atoms with Crippen molar-refractivity contribution in [3.05, 3.63) is 54.6 Å². The van der Waals surface area contributed by atoms with Crippen LogP contribution in [0.1, 0.15) is 0 Å². The second-order valence-electron chi connectivity index (χ2n) is 7.52. The standard InChI is InChI=1S/C23H26N6O3.ClH/c1-2-4-19(5-3-1)32-20-8-6-18(7-9-20)24-21-25-22(28-10-14-30-15-11-28)27-23(26-21)29-12-16-31-17-13-29;/h1-9H,10-17H2,(H,24,25,26,27);1H. The highest BCUT2D eigenvalue weighted by atomic mass is 35.5. The molecule has 2 aliphatic rings. The van der Waals surface area contributed by atoms with E-state index in [-0.39, 0.29) is 12.4 Å². The average molecular weight is 471 g/mol. The monoisotopic (exact) mass is 470 g/mol. The van der Waals surface area contributed by atoms with Crippen LogP contribution in [0.25, 0.3) is 0 Å². The molecule has 2 saturated heterocycles. The topological polar surface area (TPSA) is 84.9 Å². The lowest BCUT2D eigenvalue weighted by atomic mass is 10.3. The Morgan fingerprint density at radius 1 is 0.667 bits per heavy atom. The summed E-state index contributed by atoms with van der Waals surface area (Å²) in [6, 6.07) is 17.5. The summed E-state index contributed by atoms with van der Waals surface area (Å²) in [6.07, 6.45) is 0. The Kier molecular flexibility index (Phi) is 7.77. The number of anilines is 4. The lowest BCUT2D eigenvalue weighted by Crippen LogP contribution is -2.40. The van der Waals surface area contributed by atoms with Crippen LogP contribution in [0.15, 0.2) is 54.6 Å². The fraction of sp³-hybridized carbons (Fsp3) is 0.348. The van der Waals surface area contributed by atoms with E-state index in [4.69, 9.17) is 19.2 Å². The first kappa shape index (κ1) is 23.0. The second-order valence-corrected chi connectivity index (χ2v) is 7.52. The molecule has 0 spiro atoms. The van der Waals surface area contributed by atoms with Crippen LogP contribution in [0.4, 0.5) is 23.5 Å². The molecule has 0 aliphatic carbocycles. The Hall–Kier alpha value is -3.14. The minimum absolute atomic E-state index is 0. The van der Waals surface area contributed by atoms with Crippen LogP contribution < -0.4 is 19.9 Å². The molecule has 3 heterocycles. The highest BCUT2D eigenvalue weighted by Crippen LogP contribution is 2.25. The summed E-state index contributed by atoms with van der Waals surface area (Å²) in [4.78, 5) is 18.4. The van der Waals surface area contributed by atoms with E-state index in [0.717, 1.165) is 43.4 Å². The van der Waals surface area contributed by atoms with Gasteiger partial charge in [-0.3, -0.25) is 0 Å². The van der Waals surface area contributed by atoms with Crippen LogP contribution in [0.5, 0.6) is 11.5 Å². The third-order valence-electron chi connectivity index (χ3n) is 5.29. The molecule has 5 rings (SSSR count). The van der Waals surface area contributed by atoms with Gasteiger partial charge in [0.25, 0.3) is 0 Å². The molecule has 1 N–H and O–H groups in total. The summed E-state index contributed by atoms with van der Waals surface area (Å²) in [6.45, 7) is 5.73. The van der Waals surface area contributed by atoms with Gasteiger partial charge in [0, 0.05) is 31.9 Å². The predicted molar refractivity (Wildman–Crippen MR) is 129 cm³/mol. The summed E-state index contributed by atoms with van der Waals surface area (Å²) < 4.78 is 16.8. The minimum atomic E-state index is 0. The van der Waals surface area contributed by atoms with Gasteiger partial charge < -0.3 is 29.3 Å². The van der Waals surface area contributed by atoms with Gasteiger partial charge >= 0.3 is 0 Å². The Morgan fingerprint density at radius 3 is 1.73 bits per heavy atom. The molecule has 10 heteroatoms. The van der Waals surface area contributed by atoms with Crippen LogP contribution in [0.3, 0.4) is 0 Å². The predicted octanol–water partition coefficient (Wildman–Crippen LogP) is 3.50. The Morgan fingerprint density at radius 2 is 1.18 bits per heavy atom. The van der Waals surface area contributed by atoms with Crippen molar-refractivity contribution in [2.24, 2.45) is 0 Å². The smallest absolute Gasteiger partial charge is 0.233 e. The Labute approximate surface area is 199 Å². The summed E-state index contributed by atoms with van der Waals surface area (Å²) in [5.41, 5.74) is 0.873. The molecule has 0 bridgehead atoms. The molecule has 0 amide bonds. The van der Waals surface area contributed by atoms with E-state index in [1.54, 1.807) is 0 Å². The Bertz CT molecular complexity index is 976. The molecular formula is C23H27ClN6O3. The fourth-order valence-corrected chi connectivity index (χ4v) is 3.58. The molecule has 0 radical (unpaired) electrons. The van der Waals surface area contributed by atoms with Crippen molar-refractivity contribution >= 4 is 35.9 Å². The van der Waals surface area contributed by atoms with E-state index in [0.29, 0.717) is 44.3 Å². The van der Waals surface area contributed by atoms with Crippen LogP contribution in [-0.4, -0.2) is 67.6 Å². The summed E-state index contributed by atoms with van der Waals surface area (Å²) in [7, 11) is 0. The molecule has 2 fully saturated rings. The molecule has 0 unspecified atom stereocenters. The zero-order valence-electron chi connectivity index (χ0n) is 18.2. The molecular weight excluding hydrogens is 444 g/mol. The first-order valence-electron chi connectivity index (χ1n) is 10.8. The van der Waals surface area contributed by atoms with Gasteiger partial charge in [0.1, 0.15) is 11.5 Å². The number of aromatic nitrogens is 3. The normalized spacial score (nSPS) is 16.1. The van der Waals surface area contributed by atoms with Crippen molar-refractivity contribution in [2.45, 2.75) is 0 Å². The first-order chi connectivity index (χ1) is 15.8. The molecule has 33 heavy (non-hydrogen) atoms. The number of ether oxygens (including phenoxy) is 3. The molecule has 0 atom stereocenters. The van der Waals surface area contributed by atoms with Crippen LogP contribution in [0.2, 0.25) is 0 Å². The molecule has 2 aromatic carbocycles. The van der Waals surface area contributed by atoms with E-state index in [9.17, 15) is 0 Å². The van der Waals surface area contributed by atoms with Gasteiger partial charge in [-0.2, -0.15) is 15.0 Å². The number of benzene rings is 2. The third kappa shape index (κ3) is 6.01. The number of morpholine rings is 2. The van der Waals surface area contributed by atoms with Crippen LogP contribution >= 0.6 is 12.4 Å². The molecule has 9 nitrogen and oxygen atoms in total. The van der Waals surface area contributed by atoms with Gasteiger partial charge in [-0.05, 0) is 36.4 Å². The zero-order valence-corrected chi connectivity index (χ0v) is 19.0. The van der Waals surface area contributed by atoms with Crippen molar-refractivity contribution in [3.63, 3.8) is 0 Å². The molecule has 174 valence electrons. The molecule has 2 aliphatic heterocycles. The van der Waals surface area contributed by atoms with Crippen LogP contribution in [-0.2, 0) is 9.47 Å². The summed E-state index contributed by atoms with van der Waals surface area (Å²) in [5.74, 6) is 3.41. The van der Waals surface area contributed by atoms with Gasteiger partial charge in [0.2, 0.25) is 17.8 Å². The van der Waals surface area contributed by atoms with E-state index >= 15 is 0 Å². The van der Waals surface area contributed by atoms with E-state index in [2.05, 4.69) is 25.1 Å². The maximum atomic E-state index is 5.87. The number of para-hydroxylation sites is 1. The number of hydrogen-bond donors (Lipinski definition) is 1. The lowest BCUT2D eigenvalue weighted by Gasteiger charge is -2.30.